The van der Waals surface area contributed by atoms with Crippen LogP contribution >= 0.6 is 0 Å². The van der Waals surface area contributed by atoms with Gasteiger partial charge in [-0.15, -0.1) is 0 Å². The van der Waals surface area contributed by atoms with E-state index in [9.17, 15) is 5.11 Å². The quantitative estimate of drug-likeness (QED) is 0.769. The van der Waals surface area contributed by atoms with Gasteiger partial charge in [0.1, 0.15) is 5.65 Å². The zero-order valence-corrected chi connectivity index (χ0v) is 13.7. The van der Waals surface area contributed by atoms with Crippen LogP contribution in [0.1, 0.15) is 48.3 Å². The van der Waals surface area contributed by atoms with Crippen LogP contribution in [0.2, 0.25) is 0 Å². The van der Waals surface area contributed by atoms with Crippen LogP contribution in [0.25, 0.3) is 16.9 Å². The second-order valence-corrected chi connectivity index (χ2v) is 6.64. The van der Waals surface area contributed by atoms with Gasteiger partial charge >= 0.3 is 0 Å². The van der Waals surface area contributed by atoms with Crippen LogP contribution in [0, 0.1) is 6.92 Å². The molecule has 3 heteroatoms. The Hall–Kier alpha value is -2.13. The molecular formula is C20H22N2O. The van der Waals surface area contributed by atoms with Crippen molar-refractivity contribution < 1.29 is 5.11 Å². The molecular weight excluding hydrogens is 284 g/mol. The van der Waals surface area contributed by atoms with Crippen LogP contribution < -0.4 is 0 Å². The Morgan fingerprint density at radius 2 is 1.87 bits per heavy atom. The zero-order chi connectivity index (χ0) is 16.0. The fraction of sp³-hybridized carbons (Fsp3) is 0.350. The Morgan fingerprint density at radius 1 is 1.09 bits per heavy atom. The van der Waals surface area contributed by atoms with Gasteiger partial charge in [-0.2, -0.15) is 0 Å². The number of imidazole rings is 1. The van der Waals surface area contributed by atoms with E-state index in [-0.39, 0.29) is 0 Å². The van der Waals surface area contributed by atoms with Crippen LogP contribution in [-0.2, 0) is 12.8 Å². The first-order valence-electron chi connectivity index (χ1n) is 8.42. The van der Waals surface area contributed by atoms with Gasteiger partial charge in [-0.25, -0.2) is 4.98 Å². The first-order valence-corrected chi connectivity index (χ1v) is 8.42. The lowest BCUT2D eigenvalue weighted by molar-refractivity contribution is 0.194. The van der Waals surface area contributed by atoms with Crippen molar-refractivity contribution >= 4 is 5.65 Å². The summed E-state index contributed by atoms with van der Waals surface area (Å²) in [5.41, 5.74) is 7.87. The van der Waals surface area contributed by atoms with Crippen molar-refractivity contribution in [1.29, 1.82) is 0 Å². The van der Waals surface area contributed by atoms with Gasteiger partial charge in [0.2, 0.25) is 0 Å². The Bertz CT molecular complexity index is 877. The number of aromatic nitrogens is 2. The summed E-state index contributed by atoms with van der Waals surface area (Å²) in [6.07, 6.45) is 6.34. The van der Waals surface area contributed by atoms with E-state index in [1.54, 1.807) is 0 Å². The highest BCUT2D eigenvalue weighted by Crippen LogP contribution is 2.32. The molecule has 1 unspecified atom stereocenters. The van der Waals surface area contributed by atoms with Crippen LogP contribution in [0.15, 0.2) is 36.5 Å². The van der Waals surface area contributed by atoms with E-state index < -0.39 is 6.10 Å². The van der Waals surface area contributed by atoms with E-state index in [4.69, 9.17) is 4.98 Å². The molecule has 0 radical (unpaired) electrons. The Morgan fingerprint density at radius 3 is 2.65 bits per heavy atom. The van der Waals surface area contributed by atoms with Crippen molar-refractivity contribution in [3.63, 3.8) is 0 Å². The molecule has 1 aromatic carbocycles. The van der Waals surface area contributed by atoms with Crippen LogP contribution in [0.5, 0.6) is 0 Å². The number of aryl methyl sites for hydroxylation is 3. The third-order valence-electron chi connectivity index (χ3n) is 4.84. The van der Waals surface area contributed by atoms with Gasteiger partial charge in [0.25, 0.3) is 0 Å². The second-order valence-electron chi connectivity index (χ2n) is 6.64. The topological polar surface area (TPSA) is 37.5 Å². The highest BCUT2D eigenvalue weighted by Gasteiger charge is 2.19. The molecule has 0 amide bonds. The molecule has 1 aliphatic carbocycles. The highest BCUT2D eigenvalue weighted by atomic mass is 16.3. The number of aliphatic hydroxyl groups is 1. The van der Waals surface area contributed by atoms with Crippen LogP contribution in [0.4, 0.5) is 0 Å². The van der Waals surface area contributed by atoms with Crippen molar-refractivity contribution in [2.45, 2.75) is 45.6 Å². The standard InChI is InChI=1S/C20H22N2O/c1-13-9-10-22-18(11-13)21-19(20(22)14(2)23)17-8-7-15-5-3-4-6-16(15)12-17/h7-12,14,23H,3-6H2,1-2H3. The van der Waals surface area contributed by atoms with E-state index in [0.717, 1.165) is 29.0 Å². The predicted octanol–water partition coefficient (Wildman–Crippen LogP) is 4.24. The molecule has 2 heterocycles. The third-order valence-corrected chi connectivity index (χ3v) is 4.84. The molecule has 118 valence electrons. The van der Waals surface area contributed by atoms with Gasteiger partial charge in [-0.3, -0.25) is 0 Å². The minimum Gasteiger partial charge on any atom is -0.387 e. The number of hydrogen-bond acceptors (Lipinski definition) is 2. The molecule has 0 aliphatic heterocycles. The molecule has 4 rings (SSSR count). The van der Waals surface area contributed by atoms with Crippen molar-refractivity contribution in [1.82, 2.24) is 9.38 Å². The van der Waals surface area contributed by atoms with Crippen LogP contribution in [-0.4, -0.2) is 14.5 Å². The fourth-order valence-corrected chi connectivity index (χ4v) is 3.66. The molecule has 2 aromatic heterocycles. The Balaban J connectivity index is 1.92. The summed E-state index contributed by atoms with van der Waals surface area (Å²) in [6, 6.07) is 10.8. The lowest BCUT2D eigenvalue weighted by atomic mass is 9.89. The molecule has 0 fully saturated rings. The van der Waals surface area contributed by atoms with Crippen molar-refractivity contribution in [3.05, 3.63) is 58.9 Å². The summed E-state index contributed by atoms with van der Waals surface area (Å²) < 4.78 is 2.01. The lowest BCUT2D eigenvalue weighted by Gasteiger charge is -2.16. The third kappa shape index (κ3) is 2.45. The maximum atomic E-state index is 10.3. The summed E-state index contributed by atoms with van der Waals surface area (Å²) in [7, 11) is 0. The molecule has 3 nitrogen and oxygen atoms in total. The molecule has 0 spiro atoms. The molecule has 23 heavy (non-hydrogen) atoms. The van der Waals surface area contributed by atoms with Crippen LogP contribution in [0.3, 0.4) is 0 Å². The first-order chi connectivity index (χ1) is 11.1. The number of hydrogen-bond donors (Lipinski definition) is 1. The maximum Gasteiger partial charge on any atom is 0.138 e. The van der Waals surface area contributed by atoms with E-state index in [0.29, 0.717) is 0 Å². The molecule has 0 saturated carbocycles. The summed E-state index contributed by atoms with van der Waals surface area (Å²) >= 11 is 0. The molecule has 1 atom stereocenters. The minimum atomic E-state index is -0.557. The molecule has 0 saturated heterocycles. The number of rotatable bonds is 2. The normalized spacial score (nSPS) is 15.6. The largest absolute Gasteiger partial charge is 0.387 e. The van der Waals surface area contributed by atoms with E-state index in [1.807, 2.05) is 17.5 Å². The first kappa shape index (κ1) is 14.5. The number of benzene rings is 1. The predicted molar refractivity (Wildman–Crippen MR) is 92.6 cm³/mol. The Kier molecular flexibility index (Phi) is 3.46. The van der Waals surface area contributed by atoms with E-state index in [1.165, 1.54) is 36.0 Å². The number of pyridine rings is 1. The van der Waals surface area contributed by atoms with Gasteiger partial charge in [0, 0.05) is 11.8 Å². The minimum absolute atomic E-state index is 0.557. The lowest BCUT2D eigenvalue weighted by Crippen LogP contribution is -2.03. The maximum absolute atomic E-state index is 10.3. The highest BCUT2D eigenvalue weighted by molar-refractivity contribution is 5.68. The summed E-state index contributed by atoms with van der Waals surface area (Å²) in [5.74, 6) is 0. The molecule has 1 N–H and O–H groups in total. The monoisotopic (exact) mass is 306 g/mol. The smallest absolute Gasteiger partial charge is 0.138 e. The fourth-order valence-electron chi connectivity index (χ4n) is 3.66. The SMILES string of the molecule is Cc1ccn2c(C(C)O)c(-c3ccc4c(c3)CCCC4)nc2c1. The van der Waals surface area contributed by atoms with E-state index >= 15 is 0 Å². The number of nitrogens with zero attached hydrogens (tertiary/aromatic N) is 2. The summed E-state index contributed by atoms with van der Waals surface area (Å²) in [4.78, 5) is 4.82. The van der Waals surface area contributed by atoms with Gasteiger partial charge in [-0.1, -0.05) is 12.1 Å². The summed E-state index contributed by atoms with van der Waals surface area (Å²) in [5, 5.41) is 10.3. The number of fused-ring (bicyclic) bond motifs is 2. The van der Waals surface area contributed by atoms with Crippen molar-refractivity contribution in [3.8, 4) is 11.3 Å². The van der Waals surface area contributed by atoms with Crippen molar-refractivity contribution in [2.75, 3.05) is 0 Å². The van der Waals surface area contributed by atoms with Gasteiger partial charge in [0.15, 0.2) is 0 Å². The average molecular weight is 306 g/mol. The molecule has 1 aliphatic rings. The molecule has 0 bridgehead atoms. The van der Waals surface area contributed by atoms with E-state index in [2.05, 4.69) is 37.3 Å². The molecule has 3 aromatic rings. The van der Waals surface area contributed by atoms with Gasteiger partial charge < -0.3 is 9.51 Å². The zero-order valence-electron chi connectivity index (χ0n) is 13.7. The van der Waals surface area contributed by atoms with Gasteiger partial charge in [-0.05, 0) is 74.4 Å². The number of aliphatic hydroxyl groups excluding tert-OH is 1. The second kappa shape index (κ2) is 5.50. The summed E-state index contributed by atoms with van der Waals surface area (Å²) in [6.45, 7) is 3.88. The Labute approximate surface area is 136 Å². The average Bonchev–Trinajstić information content (AvgIpc) is 2.93. The van der Waals surface area contributed by atoms with Crippen molar-refractivity contribution in [2.24, 2.45) is 0 Å². The van der Waals surface area contributed by atoms with Gasteiger partial charge in [0.05, 0.1) is 17.5 Å².